The first-order chi connectivity index (χ1) is 8.99. The van der Waals surface area contributed by atoms with Gasteiger partial charge in [0.2, 0.25) is 5.91 Å². The summed E-state index contributed by atoms with van der Waals surface area (Å²) in [4.78, 5) is 13.5. The van der Waals surface area contributed by atoms with Gasteiger partial charge in [-0.1, -0.05) is 0 Å². The molecule has 0 radical (unpaired) electrons. The Kier molecular flexibility index (Phi) is 7.15. The van der Waals surface area contributed by atoms with Crippen LogP contribution in [0.5, 0.6) is 0 Å². The van der Waals surface area contributed by atoms with Gasteiger partial charge in [0.05, 0.1) is 6.54 Å². The molecular weight excluding hydrogens is 261 g/mol. The molecule has 112 valence electrons. The van der Waals surface area contributed by atoms with E-state index in [2.05, 4.69) is 10.1 Å². The van der Waals surface area contributed by atoms with Crippen LogP contribution < -0.4 is 5.32 Å². The average molecular weight is 282 g/mol. The first kappa shape index (κ1) is 16.2. The lowest BCUT2D eigenvalue weighted by molar-refractivity contribution is -0.173. The highest BCUT2D eigenvalue weighted by molar-refractivity contribution is 5.78. The number of hydrogen-bond acceptors (Lipinski definition) is 3. The molecule has 1 saturated heterocycles. The number of nitrogens with zero attached hydrogens (tertiary/aromatic N) is 1. The van der Waals surface area contributed by atoms with Gasteiger partial charge in [-0.05, 0) is 32.2 Å². The van der Waals surface area contributed by atoms with Gasteiger partial charge in [0.15, 0.2) is 0 Å². The van der Waals surface area contributed by atoms with Crippen LogP contribution in [0.25, 0.3) is 0 Å². The van der Waals surface area contributed by atoms with Crippen LogP contribution in [0.1, 0.15) is 25.7 Å². The highest BCUT2D eigenvalue weighted by atomic mass is 19.4. The van der Waals surface area contributed by atoms with E-state index in [-0.39, 0.29) is 19.1 Å². The summed E-state index contributed by atoms with van der Waals surface area (Å²) in [6.07, 6.45) is -0.525. The van der Waals surface area contributed by atoms with Crippen LogP contribution >= 0.6 is 0 Å². The van der Waals surface area contributed by atoms with Gasteiger partial charge in [0, 0.05) is 19.7 Å². The molecule has 1 amide bonds. The molecule has 1 aliphatic rings. The van der Waals surface area contributed by atoms with Gasteiger partial charge in [0.1, 0.15) is 6.61 Å². The normalized spacial score (nSPS) is 16.7. The van der Waals surface area contributed by atoms with E-state index in [1.807, 2.05) is 4.90 Å². The Hall–Kier alpha value is -0.820. The molecule has 0 aromatic carbocycles. The van der Waals surface area contributed by atoms with Gasteiger partial charge in [-0.25, -0.2) is 0 Å². The standard InChI is InChI=1S/C12H21F3N2O2/c13-12(14,15)10-19-8-4-5-16-9-11(18)17-6-2-1-3-7-17/h16H,1-10H2. The number of hydrogen-bond donors (Lipinski definition) is 1. The molecule has 19 heavy (non-hydrogen) atoms. The van der Waals surface area contributed by atoms with Gasteiger partial charge < -0.3 is 15.0 Å². The minimum Gasteiger partial charge on any atom is -0.372 e. The summed E-state index contributed by atoms with van der Waals surface area (Å²) in [5.41, 5.74) is 0. The summed E-state index contributed by atoms with van der Waals surface area (Å²) in [5.74, 6) is 0.0657. The van der Waals surface area contributed by atoms with Crippen LogP contribution in [0.4, 0.5) is 13.2 Å². The van der Waals surface area contributed by atoms with E-state index < -0.39 is 12.8 Å². The Labute approximate surface area is 111 Å². The summed E-state index contributed by atoms with van der Waals surface area (Å²) in [5, 5.41) is 2.93. The second kappa shape index (κ2) is 8.37. The van der Waals surface area contributed by atoms with Gasteiger partial charge in [0.25, 0.3) is 0 Å². The monoisotopic (exact) mass is 282 g/mol. The number of halogens is 3. The van der Waals surface area contributed by atoms with Crippen molar-refractivity contribution < 1.29 is 22.7 Å². The van der Waals surface area contributed by atoms with Crippen LogP contribution in [0.3, 0.4) is 0 Å². The number of nitrogens with one attached hydrogen (secondary N) is 1. The fraction of sp³-hybridized carbons (Fsp3) is 0.917. The number of carbonyl (C=O) groups is 1. The molecule has 0 atom stereocenters. The molecule has 1 aliphatic heterocycles. The maximum Gasteiger partial charge on any atom is 0.411 e. The van der Waals surface area contributed by atoms with Crippen molar-refractivity contribution in [1.82, 2.24) is 10.2 Å². The van der Waals surface area contributed by atoms with Crippen molar-refractivity contribution in [2.45, 2.75) is 31.9 Å². The van der Waals surface area contributed by atoms with Crippen LogP contribution in [0.2, 0.25) is 0 Å². The Balaban J connectivity index is 1.94. The molecule has 7 heteroatoms. The molecule has 1 N–H and O–H groups in total. The van der Waals surface area contributed by atoms with Crippen molar-refractivity contribution in [2.24, 2.45) is 0 Å². The van der Waals surface area contributed by atoms with Crippen LogP contribution in [0, 0.1) is 0 Å². The number of piperidine rings is 1. The third kappa shape index (κ3) is 8.05. The highest BCUT2D eigenvalue weighted by Gasteiger charge is 2.27. The molecule has 1 fully saturated rings. The van der Waals surface area contributed by atoms with Crippen LogP contribution in [-0.4, -0.2) is 56.4 Å². The van der Waals surface area contributed by atoms with E-state index >= 15 is 0 Å². The van der Waals surface area contributed by atoms with Gasteiger partial charge in [-0.3, -0.25) is 4.79 Å². The summed E-state index contributed by atoms with van der Waals surface area (Å²) in [6.45, 7) is 1.20. The predicted octanol–water partition coefficient (Wildman–Crippen LogP) is 1.56. The van der Waals surface area contributed by atoms with Gasteiger partial charge in [-0.2, -0.15) is 13.2 Å². The average Bonchev–Trinajstić information content (AvgIpc) is 2.37. The highest BCUT2D eigenvalue weighted by Crippen LogP contribution is 2.14. The van der Waals surface area contributed by atoms with Crippen molar-refractivity contribution in [3.8, 4) is 0 Å². The lowest BCUT2D eigenvalue weighted by Crippen LogP contribution is -2.41. The van der Waals surface area contributed by atoms with Crippen molar-refractivity contribution >= 4 is 5.91 Å². The zero-order valence-electron chi connectivity index (χ0n) is 11.0. The molecule has 0 bridgehead atoms. The number of rotatable bonds is 7. The zero-order valence-corrected chi connectivity index (χ0v) is 11.0. The lowest BCUT2D eigenvalue weighted by Gasteiger charge is -2.26. The SMILES string of the molecule is O=C(CNCCCOCC(F)(F)F)N1CCCCC1. The Bertz CT molecular complexity index is 266. The van der Waals surface area contributed by atoms with Crippen molar-refractivity contribution in [3.05, 3.63) is 0 Å². The third-order valence-corrected chi connectivity index (χ3v) is 2.89. The fourth-order valence-corrected chi connectivity index (χ4v) is 1.94. The smallest absolute Gasteiger partial charge is 0.372 e. The van der Waals surface area contributed by atoms with E-state index in [1.165, 1.54) is 6.42 Å². The maximum absolute atomic E-state index is 11.8. The molecule has 1 rings (SSSR count). The molecule has 0 aromatic rings. The van der Waals surface area contributed by atoms with E-state index in [9.17, 15) is 18.0 Å². The first-order valence-corrected chi connectivity index (χ1v) is 6.62. The molecule has 0 unspecified atom stereocenters. The molecule has 0 saturated carbocycles. The molecule has 0 spiro atoms. The van der Waals surface area contributed by atoms with E-state index in [1.54, 1.807) is 0 Å². The predicted molar refractivity (Wildman–Crippen MR) is 64.8 cm³/mol. The Morgan fingerprint density at radius 2 is 1.89 bits per heavy atom. The quantitative estimate of drug-likeness (QED) is 0.721. The molecule has 0 aliphatic carbocycles. The summed E-state index contributed by atoms with van der Waals surface area (Å²) in [7, 11) is 0. The largest absolute Gasteiger partial charge is 0.411 e. The minimum atomic E-state index is -4.27. The van der Waals surface area contributed by atoms with E-state index in [4.69, 9.17) is 0 Å². The maximum atomic E-state index is 11.8. The summed E-state index contributed by atoms with van der Waals surface area (Å²) in [6, 6.07) is 0. The van der Waals surface area contributed by atoms with Crippen molar-refractivity contribution in [1.29, 1.82) is 0 Å². The first-order valence-electron chi connectivity index (χ1n) is 6.62. The summed E-state index contributed by atoms with van der Waals surface area (Å²) >= 11 is 0. The van der Waals surface area contributed by atoms with Crippen LogP contribution in [-0.2, 0) is 9.53 Å². The zero-order chi connectivity index (χ0) is 14.1. The number of likely N-dealkylation sites (tertiary alicyclic amines) is 1. The molecule has 4 nitrogen and oxygen atoms in total. The van der Waals surface area contributed by atoms with Crippen molar-refractivity contribution in [2.75, 3.05) is 39.4 Å². The number of ether oxygens (including phenoxy) is 1. The molecule has 0 aromatic heterocycles. The minimum absolute atomic E-state index is 0.0460. The number of carbonyl (C=O) groups excluding carboxylic acids is 1. The molecule has 1 heterocycles. The third-order valence-electron chi connectivity index (χ3n) is 2.89. The van der Waals surface area contributed by atoms with Crippen LogP contribution in [0.15, 0.2) is 0 Å². The fourth-order valence-electron chi connectivity index (χ4n) is 1.94. The number of alkyl halides is 3. The molecular formula is C12H21F3N2O2. The van der Waals surface area contributed by atoms with E-state index in [0.717, 1.165) is 25.9 Å². The Morgan fingerprint density at radius 1 is 1.21 bits per heavy atom. The second-order valence-corrected chi connectivity index (χ2v) is 4.64. The lowest BCUT2D eigenvalue weighted by atomic mass is 10.1. The van der Waals surface area contributed by atoms with Gasteiger partial charge >= 0.3 is 6.18 Å². The topological polar surface area (TPSA) is 41.6 Å². The Morgan fingerprint density at radius 3 is 2.53 bits per heavy atom. The van der Waals surface area contributed by atoms with Crippen molar-refractivity contribution in [3.63, 3.8) is 0 Å². The van der Waals surface area contributed by atoms with Gasteiger partial charge in [-0.15, -0.1) is 0 Å². The van der Waals surface area contributed by atoms with E-state index in [0.29, 0.717) is 13.0 Å². The second-order valence-electron chi connectivity index (χ2n) is 4.64. The number of amides is 1. The summed E-state index contributed by atoms with van der Waals surface area (Å²) < 4.78 is 39.7.